The SMILES string of the molecule is Cc1cnc2c(C(=O)N[C@H](c3nccn3C)C3CC3)cnn2c1. The Morgan fingerprint density at radius 2 is 2.17 bits per heavy atom. The highest BCUT2D eigenvalue weighted by Gasteiger charge is 2.36. The highest BCUT2D eigenvalue weighted by Crippen LogP contribution is 2.40. The van der Waals surface area contributed by atoms with Gasteiger partial charge in [-0.3, -0.25) is 4.79 Å². The first-order valence-electron chi connectivity index (χ1n) is 7.71. The van der Waals surface area contributed by atoms with Crippen LogP contribution in [0.4, 0.5) is 0 Å². The van der Waals surface area contributed by atoms with Gasteiger partial charge in [-0.15, -0.1) is 0 Å². The predicted molar refractivity (Wildman–Crippen MR) is 83.9 cm³/mol. The fraction of sp³-hybridized carbons (Fsp3) is 0.375. The molecular formula is C16H18N6O. The van der Waals surface area contributed by atoms with Crippen LogP contribution in [0.1, 0.15) is 40.6 Å². The number of hydrogen-bond donors (Lipinski definition) is 1. The molecule has 0 bridgehead atoms. The lowest BCUT2D eigenvalue weighted by Crippen LogP contribution is -2.31. The number of nitrogens with zero attached hydrogens (tertiary/aromatic N) is 5. The first-order valence-corrected chi connectivity index (χ1v) is 7.71. The molecule has 0 aromatic carbocycles. The number of nitrogens with one attached hydrogen (secondary N) is 1. The van der Waals surface area contributed by atoms with Crippen LogP contribution >= 0.6 is 0 Å². The molecule has 0 spiro atoms. The smallest absolute Gasteiger partial charge is 0.257 e. The molecule has 1 amide bonds. The number of carbonyl (C=O) groups is 1. The number of carbonyl (C=O) groups excluding carboxylic acids is 1. The summed E-state index contributed by atoms with van der Waals surface area (Å²) in [6.45, 7) is 1.94. The van der Waals surface area contributed by atoms with E-state index in [1.807, 2.05) is 30.9 Å². The van der Waals surface area contributed by atoms with Crippen molar-refractivity contribution < 1.29 is 4.79 Å². The normalized spacial score (nSPS) is 15.7. The summed E-state index contributed by atoms with van der Waals surface area (Å²) in [6, 6.07) is -0.0668. The third-order valence-electron chi connectivity index (χ3n) is 4.25. The van der Waals surface area contributed by atoms with Crippen molar-refractivity contribution in [3.8, 4) is 0 Å². The Hall–Kier alpha value is -2.70. The summed E-state index contributed by atoms with van der Waals surface area (Å²) in [6.07, 6.45) is 11.1. The monoisotopic (exact) mass is 310 g/mol. The molecule has 0 radical (unpaired) electrons. The summed E-state index contributed by atoms with van der Waals surface area (Å²) in [5, 5.41) is 7.34. The Bertz CT molecular complexity index is 876. The minimum atomic E-state index is -0.156. The van der Waals surface area contributed by atoms with Crippen LogP contribution in [-0.4, -0.2) is 30.1 Å². The second kappa shape index (κ2) is 5.19. The number of aryl methyl sites for hydroxylation is 2. The fourth-order valence-corrected chi connectivity index (χ4v) is 2.85. The number of amides is 1. The first kappa shape index (κ1) is 13.9. The van der Waals surface area contributed by atoms with E-state index in [1.54, 1.807) is 23.1 Å². The summed E-state index contributed by atoms with van der Waals surface area (Å²) in [5.41, 5.74) is 2.06. The van der Waals surface area contributed by atoms with Crippen molar-refractivity contribution in [1.82, 2.24) is 29.5 Å². The molecule has 1 saturated carbocycles. The van der Waals surface area contributed by atoms with Gasteiger partial charge in [0, 0.05) is 31.8 Å². The lowest BCUT2D eigenvalue weighted by molar-refractivity contribution is 0.0930. The molecule has 23 heavy (non-hydrogen) atoms. The molecule has 118 valence electrons. The molecule has 1 N–H and O–H groups in total. The lowest BCUT2D eigenvalue weighted by Gasteiger charge is -2.17. The topological polar surface area (TPSA) is 77.1 Å². The minimum absolute atomic E-state index is 0.0668. The van der Waals surface area contributed by atoms with E-state index in [9.17, 15) is 4.79 Å². The van der Waals surface area contributed by atoms with E-state index in [4.69, 9.17) is 0 Å². The largest absolute Gasteiger partial charge is 0.342 e. The summed E-state index contributed by atoms with van der Waals surface area (Å²) in [5.74, 6) is 1.19. The molecule has 0 saturated heterocycles. The van der Waals surface area contributed by atoms with Gasteiger partial charge in [0.15, 0.2) is 5.65 Å². The standard InChI is InChI=1S/C16H18N6O/c1-10-7-18-14-12(8-19-22(14)9-10)16(23)20-13(11-3-4-11)15-17-5-6-21(15)2/h5-9,11,13H,3-4H2,1-2H3,(H,20,23)/t13-/m0/s1. The Kier molecular flexibility index (Phi) is 3.14. The Balaban J connectivity index is 1.64. The molecule has 7 heteroatoms. The predicted octanol–water partition coefficient (Wildman–Crippen LogP) is 1.65. The molecule has 3 aromatic heterocycles. The van der Waals surface area contributed by atoms with Gasteiger partial charge < -0.3 is 9.88 Å². The summed E-state index contributed by atoms with van der Waals surface area (Å²) >= 11 is 0. The third kappa shape index (κ3) is 2.48. The van der Waals surface area contributed by atoms with Crippen LogP contribution in [0.2, 0.25) is 0 Å². The molecule has 7 nitrogen and oxygen atoms in total. The number of imidazole rings is 1. The number of fused-ring (bicyclic) bond motifs is 1. The molecule has 1 atom stereocenters. The van der Waals surface area contributed by atoms with E-state index in [-0.39, 0.29) is 11.9 Å². The van der Waals surface area contributed by atoms with E-state index < -0.39 is 0 Å². The molecule has 1 fully saturated rings. The van der Waals surface area contributed by atoms with Crippen LogP contribution < -0.4 is 5.32 Å². The van der Waals surface area contributed by atoms with Gasteiger partial charge in [-0.1, -0.05) is 0 Å². The second-order valence-corrected chi connectivity index (χ2v) is 6.14. The molecular weight excluding hydrogens is 292 g/mol. The van der Waals surface area contributed by atoms with E-state index in [0.717, 1.165) is 24.2 Å². The average molecular weight is 310 g/mol. The van der Waals surface area contributed by atoms with Gasteiger partial charge in [0.25, 0.3) is 5.91 Å². The molecule has 1 aliphatic rings. The van der Waals surface area contributed by atoms with Crippen molar-refractivity contribution in [3.05, 3.63) is 47.9 Å². The Morgan fingerprint density at radius 1 is 1.35 bits per heavy atom. The minimum Gasteiger partial charge on any atom is -0.342 e. The van der Waals surface area contributed by atoms with Crippen LogP contribution in [0, 0.1) is 12.8 Å². The van der Waals surface area contributed by atoms with Crippen molar-refractivity contribution in [2.24, 2.45) is 13.0 Å². The van der Waals surface area contributed by atoms with E-state index in [2.05, 4.69) is 20.4 Å². The van der Waals surface area contributed by atoms with E-state index >= 15 is 0 Å². The van der Waals surface area contributed by atoms with Gasteiger partial charge in [0.05, 0.1) is 12.2 Å². The van der Waals surface area contributed by atoms with Crippen LogP contribution in [0.15, 0.2) is 31.0 Å². The van der Waals surface area contributed by atoms with Crippen molar-refractivity contribution in [2.45, 2.75) is 25.8 Å². The van der Waals surface area contributed by atoms with Crippen LogP contribution in [0.25, 0.3) is 5.65 Å². The maximum Gasteiger partial charge on any atom is 0.257 e. The van der Waals surface area contributed by atoms with Gasteiger partial charge in [0.1, 0.15) is 11.4 Å². The summed E-state index contributed by atoms with van der Waals surface area (Å²) in [7, 11) is 1.95. The first-order chi connectivity index (χ1) is 11.1. The Labute approximate surface area is 133 Å². The zero-order valence-electron chi connectivity index (χ0n) is 13.1. The highest BCUT2D eigenvalue weighted by molar-refractivity contribution is 5.99. The van der Waals surface area contributed by atoms with E-state index in [0.29, 0.717) is 17.1 Å². The number of hydrogen-bond acceptors (Lipinski definition) is 4. The van der Waals surface area contributed by atoms with E-state index in [1.165, 1.54) is 0 Å². The van der Waals surface area contributed by atoms with Crippen molar-refractivity contribution >= 4 is 11.6 Å². The second-order valence-electron chi connectivity index (χ2n) is 6.14. The number of rotatable bonds is 4. The highest BCUT2D eigenvalue weighted by atomic mass is 16.1. The van der Waals surface area contributed by atoms with Gasteiger partial charge in [-0.05, 0) is 31.2 Å². The van der Waals surface area contributed by atoms with Crippen molar-refractivity contribution in [3.63, 3.8) is 0 Å². The fourth-order valence-electron chi connectivity index (χ4n) is 2.85. The quantitative estimate of drug-likeness (QED) is 0.795. The van der Waals surface area contributed by atoms with Crippen molar-refractivity contribution in [1.29, 1.82) is 0 Å². The zero-order chi connectivity index (χ0) is 16.0. The lowest BCUT2D eigenvalue weighted by atomic mass is 10.1. The van der Waals surface area contributed by atoms with Gasteiger partial charge in [-0.25, -0.2) is 14.5 Å². The van der Waals surface area contributed by atoms with Crippen LogP contribution in [-0.2, 0) is 7.05 Å². The molecule has 0 aliphatic heterocycles. The zero-order valence-corrected chi connectivity index (χ0v) is 13.1. The van der Waals surface area contributed by atoms with Crippen LogP contribution in [0.3, 0.4) is 0 Å². The van der Waals surface area contributed by atoms with Gasteiger partial charge in [-0.2, -0.15) is 5.10 Å². The molecule has 4 rings (SSSR count). The average Bonchev–Trinajstić information content (AvgIpc) is 3.15. The maximum absolute atomic E-state index is 12.7. The molecule has 3 aromatic rings. The molecule has 3 heterocycles. The Morgan fingerprint density at radius 3 is 2.87 bits per heavy atom. The van der Waals surface area contributed by atoms with Gasteiger partial charge in [0.2, 0.25) is 0 Å². The maximum atomic E-state index is 12.7. The summed E-state index contributed by atoms with van der Waals surface area (Å²) < 4.78 is 3.60. The van der Waals surface area contributed by atoms with Gasteiger partial charge >= 0.3 is 0 Å². The third-order valence-corrected chi connectivity index (χ3v) is 4.25. The number of aromatic nitrogens is 5. The van der Waals surface area contributed by atoms with Crippen molar-refractivity contribution in [2.75, 3.05) is 0 Å². The molecule has 1 aliphatic carbocycles. The molecule has 0 unspecified atom stereocenters. The van der Waals surface area contributed by atoms with Crippen LogP contribution in [0.5, 0.6) is 0 Å². The summed E-state index contributed by atoms with van der Waals surface area (Å²) in [4.78, 5) is 21.4.